The Morgan fingerprint density at radius 3 is 2.03 bits per heavy atom. The van der Waals surface area contributed by atoms with Crippen LogP contribution in [0.5, 0.6) is 0 Å². The second-order valence-electron chi connectivity index (χ2n) is 7.69. The third kappa shape index (κ3) is 9.87. The molecule has 0 saturated carbocycles. The van der Waals surface area contributed by atoms with Crippen molar-refractivity contribution in [3.05, 3.63) is 53.5 Å². The molecule has 0 fully saturated rings. The molecule has 36 heavy (non-hydrogen) atoms. The van der Waals surface area contributed by atoms with Crippen LogP contribution in [0, 0.1) is 0 Å². The Balaban J connectivity index is 3.09. The topological polar surface area (TPSA) is 173 Å². The average Bonchev–Trinajstić information content (AvgIpc) is 3.14. The fraction of sp³-hybridized carbons (Fsp3) is 0.375. The molecule has 196 valence electrons. The van der Waals surface area contributed by atoms with Crippen LogP contribution in [0.3, 0.4) is 0 Å². The van der Waals surface area contributed by atoms with E-state index in [0.717, 1.165) is 0 Å². The molecule has 1 aromatic heterocycles. The standard InChI is InChI=1S/C24H30N2O10/c1-14(2)26-18(11-22(30)36-13-34-17(5)28)7-9-20(26)23(24(31)32)19(25)8-6-15(3)10-21(29)35-12-33-16(4)27/h6-9,14H,3,10-13,25H2,1-2,4-5H3,(H,31,32)/b8-6-,23-19+. The van der Waals surface area contributed by atoms with Crippen molar-refractivity contribution in [2.75, 3.05) is 13.6 Å². The minimum absolute atomic E-state index is 0.124. The first-order valence-corrected chi connectivity index (χ1v) is 10.7. The number of ether oxygens (including phenoxy) is 4. The number of carboxylic acids is 1. The number of hydrogen-bond acceptors (Lipinski definition) is 10. The average molecular weight is 507 g/mol. The molecule has 1 aromatic rings. The normalized spacial score (nSPS) is 11.6. The molecule has 0 atom stereocenters. The van der Waals surface area contributed by atoms with Gasteiger partial charge in [0.05, 0.1) is 18.5 Å². The lowest BCUT2D eigenvalue weighted by molar-refractivity contribution is -0.167. The number of carboxylic acid groups (broad SMARTS) is 1. The fourth-order valence-corrected chi connectivity index (χ4v) is 2.97. The molecule has 0 saturated heterocycles. The Kier molecular flexibility index (Phi) is 11.7. The minimum atomic E-state index is -1.31. The number of esters is 4. The summed E-state index contributed by atoms with van der Waals surface area (Å²) in [6, 6.07) is 2.83. The minimum Gasteiger partial charge on any atom is -0.478 e. The van der Waals surface area contributed by atoms with Gasteiger partial charge in [-0.1, -0.05) is 12.7 Å². The van der Waals surface area contributed by atoms with Gasteiger partial charge in [0.15, 0.2) is 0 Å². The van der Waals surface area contributed by atoms with Crippen LogP contribution < -0.4 is 5.73 Å². The summed E-state index contributed by atoms with van der Waals surface area (Å²) in [4.78, 5) is 57.4. The molecule has 12 nitrogen and oxygen atoms in total. The van der Waals surface area contributed by atoms with Crippen molar-refractivity contribution >= 4 is 35.4 Å². The summed E-state index contributed by atoms with van der Waals surface area (Å²) in [5, 5.41) is 9.85. The summed E-state index contributed by atoms with van der Waals surface area (Å²) >= 11 is 0. The Bertz CT molecular complexity index is 1080. The van der Waals surface area contributed by atoms with Gasteiger partial charge in [-0.05, 0) is 37.6 Å². The lowest BCUT2D eigenvalue weighted by atomic mass is 10.1. The maximum Gasteiger partial charge on any atom is 0.339 e. The van der Waals surface area contributed by atoms with Gasteiger partial charge in [0, 0.05) is 31.3 Å². The molecule has 12 heteroatoms. The monoisotopic (exact) mass is 506 g/mol. The van der Waals surface area contributed by atoms with Crippen molar-refractivity contribution in [3.63, 3.8) is 0 Å². The Labute approximate surface area is 207 Å². The number of aromatic nitrogens is 1. The van der Waals surface area contributed by atoms with E-state index in [2.05, 4.69) is 16.1 Å². The van der Waals surface area contributed by atoms with E-state index in [4.69, 9.17) is 15.2 Å². The second kappa shape index (κ2) is 14.1. The number of rotatable bonds is 13. The van der Waals surface area contributed by atoms with Crippen LogP contribution in [-0.4, -0.2) is 53.1 Å². The van der Waals surface area contributed by atoms with E-state index in [0.29, 0.717) is 5.69 Å². The van der Waals surface area contributed by atoms with Crippen LogP contribution in [0.1, 0.15) is 51.5 Å². The molecule has 0 aliphatic rings. The summed E-state index contributed by atoms with van der Waals surface area (Å²) < 4.78 is 20.3. The van der Waals surface area contributed by atoms with Crippen LogP contribution in [-0.2, 0) is 49.3 Å². The van der Waals surface area contributed by atoms with E-state index >= 15 is 0 Å². The maximum absolute atomic E-state index is 12.1. The van der Waals surface area contributed by atoms with E-state index in [1.165, 1.54) is 32.1 Å². The van der Waals surface area contributed by atoms with Crippen molar-refractivity contribution in [3.8, 4) is 0 Å². The van der Waals surface area contributed by atoms with Crippen LogP contribution in [0.2, 0.25) is 0 Å². The van der Waals surface area contributed by atoms with Crippen molar-refractivity contribution in [2.45, 2.75) is 46.6 Å². The first-order valence-electron chi connectivity index (χ1n) is 10.7. The number of allylic oxidation sites excluding steroid dienone is 2. The van der Waals surface area contributed by atoms with Gasteiger partial charge in [0.25, 0.3) is 0 Å². The van der Waals surface area contributed by atoms with Gasteiger partial charge < -0.3 is 34.4 Å². The fourth-order valence-electron chi connectivity index (χ4n) is 2.97. The number of nitrogens with zero attached hydrogens (tertiary/aromatic N) is 1. The molecule has 0 radical (unpaired) electrons. The molecule has 3 N–H and O–H groups in total. The zero-order valence-corrected chi connectivity index (χ0v) is 20.6. The predicted octanol–water partition coefficient (Wildman–Crippen LogP) is 2.00. The van der Waals surface area contributed by atoms with E-state index in [-0.39, 0.29) is 41.4 Å². The SMILES string of the molecule is C=C(/C=C\C(N)=C(/C(=O)O)c1ccc(CC(=O)OCOC(C)=O)n1C(C)C)CC(=O)OCOC(C)=O. The van der Waals surface area contributed by atoms with E-state index in [1.807, 2.05) is 0 Å². The summed E-state index contributed by atoms with van der Waals surface area (Å²) in [5.74, 6) is -3.89. The highest BCUT2D eigenvalue weighted by Gasteiger charge is 2.23. The van der Waals surface area contributed by atoms with Crippen molar-refractivity contribution in [2.24, 2.45) is 5.73 Å². The first kappa shape index (κ1) is 29.7. The van der Waals surface area contributed by atoms with Gasteiger partial charge >= 0.3 is 29.8 Å². The van der Waals surface area contributed by atoms with Crippen LogP contribution in [0.4, 0.5) is 0 Å². The second-order valence-corrected chi connectivity index (χ2v) is 7.69. The van der Waals surface area contributed by atoms with Gasteiger partial charge in [0.2, 0.25) is 13.6 Å². The third-order valence-electron chi connectivity index (χ3n) is 4.44. The van der Waals surface area contributed by atoms with Gasteiger partial charge in [-0.2, -0.15) is 0 Å². The van der Waals surface area contributed by atoms with E-state index in [1.54, 1.807) is 24.5 Å². The van der Waals surface area contributed by atoms with Crippen molar-refractivity contribution < 1.29 is 48.0 Å². The predicted molar refractivity (Wildman–Crippen MR) is 126 cm³/mol. The highest BCUT2D eigenvalue weighted by molar-refractivity contribution is 6.16. The summed E-state index contributed by atoms with van der Waals surface area (Å²) in [6.07, 6.45) is 2.21. The number of hydrogen-bond donors (Lipinski definition) is 2. The van der Waals surface area contributed by atoms with E-state index < -0.39 is 43.4 Å². The molecule has 0 aliphatic carbocycles. The molecule has 0 aliphatic heterocycles. The van der Waals surface area contributed by atoms with Crippen molar-refractivity contribution in [1.82, 2.24) is 4.57 Å². The zero-order valence-electron chi connectivity index (χ0n) is 20.6. The maximum atomic E-state index is 12.1. The summed E-state index contributed by atoms with van der Waals surface area (Å²) in [6.45, 7) is 8.58. The number of nitrogens with two attached hydrogens (primary N) is 1. The smallest absolute Gasteiger partial charge is 0.339 e. The molecule has 0 bridgehead atoms. The summed E-state index contributed by atoms with van der Waals surface area (Å²) in [5.41, 5.74) is 6.68. The molecule has 1 heterocycles. The molecule has 0 aromatic carbocycles. The first-order chi connectivity index (χ1) is 16.8. The highest BCUT2D eigenvalue weighted by atomic mass is 16.7. The van der Waals surface area contributed by atoms with Crippen molar-refractivity contribution in [1.29, 1.82) is 0 Å². The molecule has 0 unspecified atom stereocenters. The van der Waals surface area contributed by atoms with Gasteiger partial charge in [0.1, 0.15) is 5.57 Å². The number of carbonyl (C=O) groups excluding carboxylic acids is 4. The molecular weight excluding hydrogens is 476 g/mol. The largest absolute Gasteiger partial charge is 0.478 e. The van der Waals surface area contributed by atoms with E-state index in [9.17, 15) is 29.1 Å². The van der Waals surface area contributed by atoms with Gasteiger partial charge in [-0.25, -0.2) is 4.79 Å². The highest BCUT2D eigenvalue weighted by Crippen LogP contribution is 2.26. The van der Waals surface area contributed by atoms with Gasteiger partial charge in [-0.3, -0.25) is 19.2 Å². The zero-order chi connectivity index (χ0) is 27.4. The van der Waals surface area contributed by atoms with Crippen LogP contribution in [0.25, 0.3) is 5.57 Å². The quantitative estimate of drug-likeness (QED) is 0.173. The lowest BCUT2D eigenvalue weighted by Crippen LogP contribution is -2.18. The molecule has 0 amide bonds. The van der Waals surface area contributed by atoms with Crippen LogP contribution in [0.15, 0.2) is 42.1 Å². The molecule has 0 spiro atoms. The summed E-state index contributed by atoms with van der Waals surface area (Å²) in [7, 11) is 0. The molecule has 1 rings (SSSR count). The Morgan fingerprint density at radius 1 is 0.972 bits per heavy atom. The van der Waals surface area contributed by atoms with Crippen LogP contribution >= 0.6 is 0 Å². The Hall–Kier alpha value is -4.35. The Morgan fingerprint density at radius 2 is 1.53 bits per heavy atom. The third-order valence-corrected chi connectivity index (χ3v) is 4.44. The number of carbonyl (C=O) groups is 5. The number of aliphatic carboxylic acids is 1. The van der Waals surface area contributed by atoms with Gasteiger partial charge in [-0.15, -0.1) is 0 Å². The lowest BCUT2D eigenvalue weighted by Gasteiger charge is -2.18. The molecular formula is C24H30N2O10.